The number of allylic oxidation sites excluding steroid dienone is 2. The topological polar surface area (TPSA) is 24.4 Å². The van der Waals surface area contributed by atoms with Crippen LogP contribution in [-0.4, -0.2) is 5.71 Å². The first kappa shape index (κ1) is 22.1. The quantitative estimate of drug-likeness (QED) is 0.458. The van der Waals surface area contributed by atoms with Crippen LogP contribution in [0.1, 0.15) is 107 Å². The molecule has 34 heavy (non-hydrogen) atoms. The highest BCUT2D eigenvalue weighted by Gasteiger charge is 2.41. The van der Waals surface area contributed by atoms with Crippen LogP contribution in [0.4, 0.5) is 11.4 Å². The number of fused-ring (bicyclic) bond motifs is 6. The van der Waals surface area contributed by atoms with E-state index in [1.165, 1.54) is 120 Å². The summed E-state index contributed by atoms with van der Waals surface area (Å²) in [5.74, 6) is 0. The number of nitrogens with zero attached hydrogens (tertiary/aromatic N) is 1. The Hall–Kier alpha value is -2.35. The molecule has 0 bridgehead atoms. The van der Waals surface area contributed by atoms with Gasteiger partial charge >= 0.3 is 0 Å². The lowest BCUT2D eigenvalue weighted by molar-refractivity contribution is 0.473. The zero-order chi connectivity index (χ0) is 23.5. The van der Waals surface area contributed by atoms with Gasteiger partial charge in [-0.15, -0.1) is 0 Å². The predicted molar refractivity (Wildman–Crippen MR) is 146 cm³/mol. The molecule has 0 spiro atoms. The number of benzene rings is 2. The summed E-state index contributed by atoms with van der Waals surface area (Å²) in [5, 5.41) is 3.84. The lowest BCUT2D eigenvalue weighted by atomic mass is 9.71. The monoisotopic (exact) mass is 452 g/mol. The van der Waals surface area contributed by atoms with E-state index in [4.69, 9.17) is 4.99 Å². The summed E-state index contributed by atoms with van der Waals surface area (Å²) in [4.78, 5) is 5.24. The molecular weight excluding hydrogens is 412 g/mol. The van der Waals surface area contributed by atoms with Gasteiger partial charge in [-0.25, -0.2) is 0 Å². The molecule has 0 aromatic heterocycles. The first-order chi connectivity index (χ1) is 16.4. The van der Waals surface area contributed by atoms with Crippen molar-refractivity contribution >= 4 is 17.1 Å². The van der Waals surface area contributed by atoms with Gasteiger partial charge in [-0.05, 0) is 117 Å². The molecule has 2 aliphatic carbocycles. The van der Waals surface area contributed by atoms with Crippen molar-refractivity contribution in [3.05, 3.63) is 58.3 Å². The van der Waals surface area contributed by atoms with Crippen LogP contribution in [0.3, 0.4) is 0 Å². The number of aryl methyl sites for hydroxylation is 2. The van der Waals surface area contributed by atoms with Crippen LogP contribution in [0.5, 0.6) is 0 Å². The van der Waals surface area contributed by atoms with E-state index in [-0.39, 0.29) is 10.8 Å². The summed E-state index contributed by atoms with van der Waals surface area (Å²) in [7, 11) is 0. The number of hydrogen-bond donors (Lipinski definition) is 1. The number of rotatable bonds is 1. The lowest BCUT2D eigenvalue weighted by Gasteiger charge is -2.30. The fourth-order valence-corrected chi connectivity index (χ4v) is 7.23. The highest BCUT2D eigenvalue weighted by atomic mass is 15.0. The van der Waals surface area contributed by atoms with Crippen molar-refractivity contribution in [2.45, 2.75) is 109 Å². The molecule has 0 radical (unpaired) electrons. The fourth-order valence-electron chi connectivity index (χ4n) is 7.23. The second kappa shape index (κ2) is 8.11. The van der Waals surface area contributed by atoms with E-state index in [1.54, 1.807) is 0 Å². The average molecular weight is 453 g/mol. The normalized spacial score (nSPS) is 28.1. The minimum Gasteiger partial charge on any atom is -0.358 e. The molecule has 2 aromatic rings. The molecule has 1 saturated carbocycles. The number of hydrogen-bond acceptors (Lipinski definition) is 2. The largest absolute Gasteiger partial charge is 0.358 e. The maximum absolute atomic E-state index is 5.24. The first-order valence-electron chi connectivity index (χ1n) is 13.8. The first-order valence-corrected chi connectivity index (χ1v) is 13.8. The van der Waals surface area contributed by atoms with Crippen molar-refractivity contribution in [3.8, 4) is 11.1 Å². The van der Waals surface area contributed by atoms with E-state index in [1.807, 2.05) is 0 Å². The van der Waals surface area contributed by atoms with Gasteiger partial charge in [0.15, 0.2) is 0 Å². The molecule has 0 amide bonds. The molecule has 4 aliphatic rings. The smallest absolute Gasteiger partial charge is 0.0700 e. The van der Waals surface area contributed by atoms with Crippen LogP contribution in [-0.2, 0) is 10.8 Å². The van der Waals surface area contributed by atoms with E-state index in [0.29, 0.717) is 0 Å². The molecule has 2 heteroatoms. The molecule has 2 aromatic carbocycles. The Morgan fingerprint density at radius 2 is 1.41 bits per heavy atom. The Morgan fingerprint density at radius 3 is 2.24 bits per heavy atom. The second-order valence-electron chi connectivity index (χ2n) is 11.9. The van der Waals surface area contributed by atoms with E-state index < -0.39 is 0 Å². The molecule has 2 heterocycles. The van der Waals surface area contributed by atoms with Crippen molar-refractivity contribution in [2.75, 3.05) is 5.32 Å². The van der Waals surface area contributed by atoms with Crippen LogP contribution >= 0.6 is 0 Å². The summed E-state index contributed by atoms with van der Waals surface area (Å²) >= 11 is 0. The van der Waals surface area contributed by atoms with Crippen molar-refractivity contribution in [3.63, 3.8) is 0 Å². The van der Waals surface area contributed by atoms with Crippen molar-refractivity contribution in [1.29, 1.82) is 0 Å². The molecule has 1 N–H and O–H groups in total. The van der Waals surface area contributed by atoms with Crippen molar-refractivity contribution in [2.24, 2.45) is 4.99 Å². The maximum atomic E-state index is 5.24. The summed E-state index contributed by atoms with van der Waals surface area (Å²) in [6.07, 6.45) is 16.6. The van der Waals surface area contributed by atoms with Gasteiger partial charge in [0.25, 0.3) is 0 Å². The van der Waals surface area contributed by atoms with E-state index in [0.717, 1.165) is 6.42 Å². The standard InChI is InChI=1S/C32H40N2/c1-21-17-23(19-25-29(21)33-27-13-9-5-7-11-15-31(25,27)3)24-18-22(2)30-26(20-24)32(4)16-12-8-6-10-14-28(32)34-30/h13,17-20,33H,5-12,14-16H2,1-4H3. The summed E-state index contributed by atoms with van der Waals surface area (Å²) in [6.45, 7) is 9.50. The van der Waals surface area contributed by atoms with Gasteiger partial charge in [-0.3, -0.25) is 4.99 Å². The van der Waals surface area contributed by atoms with Gasteiger partial charge in [-0.2, -0.15) is 0 Å². The van der Waals surface area contributed by atoms with Gasteiger partial charge in [0.05, 0.1) is 5.69 Å². The van der Waals surface area contributed by atoms with Crippen LogP contribution < -0.4 is 5.32 Å². The minimum absolute atomic E-state index is 0.115. The number of anilines is 1. The third-order valence-electron chi connectivity index (χ3n) is 9.47. The molecule has 2 unspecified atom stereocenters. The number of nitrogens with one attached hydrogen (secondary N) is 1. The zero-order valence-electron chi connectivity index (χ0n) is 21.6. The molecule has 2 aliphatic heterocycles. The van der Waals surface area contributed by atoms with Gasteiger partial charge < -0.3 is 5.32 Å². The van der Waals surface area contributed by atoms with Crippen LogP contribution in [0.15, 0.2) is 41.0 Å². The maximum Gasteiger partial charge on any atom is 0.0700 e. The Labute approximate surface area is 206 Å². The molecule has 2 nitrogen and oxygen atoms in total. The third-order valence-corrected chi connectivity index (χ3v) is 9.47. The Kier molecular flexibility index (Phi) is 5.28. The van der Waals surface area contributed by atoms with Crippen LogP contribution in [0, 0.1) is 13.8 Å². The zero-order valence-corrected chi connectivity index (χ0v) is 21.6. The van der Waals surface area contributed by atoms with Crippen molar-refractivity contribution < 1.29 is 0 Å². The molecule has 0 saturated heterocycles. The Morgan fingerprint density at radius 1 is 0.735 bits per heavy atom. The van der Waals surface area contributed by atoms with Gasteiger partial charge in [0, 0.05) is 27.9 Å². The third kappa shape index (κ3) is 3.32. The number of aliphatic imine (C=N–C) groups is 1. The van der Waals surface area contributed by atoms with Gasteiger partial charge in [0.1, 0.15) is 0 Å². The molecule has 178 valence electrons. The van der Waals surface area contributed by atoms with E-state index >= 15 is 0 Å². The van der Waals surface area contributed by atoms with Gasteiger partial charge in [0.2, 0.25) is 0 Å². The fraction of sp³-hybridized carbons (Fsp3) is 0.531. The Bertz CT molecular complexity index is 1220. The van der Waals surface area contributed by atoms with E-state index in [9.17, 15) is 0 Å². The molecule has 2 atom stereocenters. The Balaban J connectivity index is 1.46. The lowest BCUT2D eigenvalue weighted by Crippen LogP contribution is -2.30. The summed E-state index contributed by atoms with van der Waals surface area (Å²) < 4.78 is 0. The predicted octanol–water partition coefficient (Wildman–Crippen LogP) is 9.20. The highest BCUT2D eigenvalue weighted by molar-refractivity contribution is 6.02. The van der Waals surface area contributed by atoms with Gasteiger partial charge in [-0.1, -0.05) is 45.1 Å². The molecular formula is C32H40N2. The van der Waals surface area contributed by atoms with Crippen LogP contribution in [0.25, 0.3) is 11.1 Å². The SMILES string of the molecule is Cc1cc(-c2cc(C)c3c(c2)C2(C)CCCCCC=C2N3)cc2c1N=C1CCCCCCC12C. The second-order valence-corrected chi connectivity index (χ2v) is 11.9. The summed E-state index contributed by atoms with van der Waals surface area (Å²) in [6, 6.07) is 9.82. The molecule has 6 rings (SSSR count). The van der Waals surface area contributed by atoms with Crippen molar-refractivity contribution in [1.82, 2.24) is 0 Å². The van der Waals surface area contributed by atoms with Crippen LogP contribution in [0.2, 0.25) is 0 Å². The minimum atomic E-state index is 0.115. The molecule has 1 fully saturated rings. The van der Waals surface area contributed by atoms with E-state index in [2.05, 4.69) is 63.4 Å². The average Bonchev–Trinajstić information content (AvgIpc) is 3.21. The summed E-state index contributed by atoms with van der Waals surface area (Å²) in [5.41, 5.74) is 14.2. The highest BCUT2D eigenvalue weighted by Crippen LogP contribution is 2.52.